The average molecular weight is 675 g/mol. The van der Waals surface area contributed by atoms with E-state index in [1.165, 1.54) is 19.1 Å². The van der Waals surface area contributed by atoms with Gasteiger partial charge in [-0.15, -0.1) is 0 Å². The molecule has 48 heavy (non-hydrogen) atoms. The summed E-state index contributed by atoms with van der Waals surface area (Å²) in [5, 5.41) is 10.5. The molecule has 1 aromatic carbocycles. The number of carbonyl (C=O) groups excluding carboxylic acids is 5. The molecule has 14 heteroatoms. The standard InChI is InChI=1S/C34H48F2N6O6/c1-5-48-33(47)37-20(3)29(43)39-27(31(45)42-16-14-41(4)15-17-42)19(2)23-10-11-25(24(35)18-23)38-30(44)28(40-32(46)34(36)12-13-34)26(21-6-7-21)22-8-9-22/h10-11,18-22,26-28H,5-9,12-17H2,1-4H3,(H,37,47)(H,38,44)(H,39,43)(H,40,46)/t19-,20-,27+,28-/m0/s1. The number of amides is 5. The quantitative estimate of drug-likeness (QED) is 0.237. The van der Waals surface area contributed by atoms with Crippen LogP contribution >= 0.6 is 0 Å². The van der Waals surface area contributed by atoms with Gasteiger partial charge in [-0.25, -0.2) is 13.6 Å². The Hall–Kier alpha value is -3.81. The van der Waals surface area contributed by atoms with E-state index in [1.807, 2.05) is 7.05 Å². The lowest BCUT2D eigenvalue weighted by Crippen LogP contribution is -2.58. The van der Waals surface area contributed by atoms with Crippen molar-refractivity contribution >= 4 is 35.4 Å². The third-order valence-electron chi connectivity index (χ3n) is 10.0. The number of anilines is 1. The lowest BCUT2D eigenvalue weighted by atomic mass is 9.88. The third kappa shape index (κ3) is 8.61. The molecule has 1 heterocycles. The fourth-order valence-electron chi connectivity index (χ4n) is 6.47. The van der Waals surface area contributed by atoms with Crippen molar-refractivity contribution in [2.75, 3.05) is 45.2 Å². The van der Waals surface area contributed by atoms with Gasteiger partial charge in [0.2, 0.25) is 17.7 Å². The Morgan fingerprint density at radius 2 is 1.54 bits per heavy atom. The number of alkyl halides is 1. The summed E-state index contributed by atoms with van der Waals surface area (Å²) >= 11 is 0. The van der Waals surface area contributed by atoms with Crippen LogP contribution in [0.3, 0.4) is 0 Å². The third-order valence-corrected chi connectivity index (χ3v) is 10.0. The van der Waals surface area contributed by atoms with E-state index in [2.05, 4.69) is 26.2 Å². The van der Waals surface area contributed by atoms with Gasteiger partial charge in [-0.1, -0.05) is 13.0 Å². The molecule has 4 aliphatic rings. The van der Waals surface area contributed by atoms with Gasteiger partial charge in [-0.2, -0.15) is 0 Å². The van der Waals surface area contributed by atoms with Crippen LogP contribution in [0.15, 0.2) is 18.2 Å². The van der Waals surface area contributed by atoms with E-state index in [0.717, 1.165) is 25.7 Å². The number of halogens is 2. The molecule has 0 radical (unpaired) electrons. The number of benzene rings is 1. The fraction of sp³-hybridized carbons (Fsp3) is 0.676. The highest BCUT2D eigenvalue weighted by Gasteiger charge is 2.54. The Morgan fingerprint density at radius 3 is 2.08 bits per heavy atom. The van der Waals surface area contributed by atoms with Crippen LogP contribution in [0, 0.1) is 23.6 Å². The van der Waals surface area contributed by atoms with Crippen molar-refractivity contribution in [3.8, 4) is 0 Å². The van der Waals surface area contributed by atoms with Crippen molar-refractivity contribution in [1.82, 2.24) is 25.8 Å². The van der Waals surface area contributed by atoms with Crippen LogP contribution in [0.4, 0.5) is 19.3 Å². The van der Waals surface area contributed by atoms with Gasteiger partial charge in [0.1, 0.15) is 23.9 Å². The molecular weight excluding hydrogens is 626 g/mol. The van der Waals surface area contributed by atoms with E-state index in [1.54, 1.807) is 24.8 Å². The van der Waals surface area contributed by atoms with Crippen molar-refractivity contribution in [1.29, 1.82) is 0 Å². The van der Waals surface area contributed by atoms with E-state index >= 15 is 4.39 Å². The highest BCUT2D eigenvalue weighted by atomic mass is 19.1. The Labute approximate surface area is 280 Å². The molecule has 0 spiro atoms. The van der Waals surface area contributed by atoms with Gasteiger partial charge in [0.15, 0.2) is 5.67 Å². The number of carbonyl (C=O) groups is 5. The number of alkyl carbamates (subject to hydrolysis) is 1. The van der Waals surface area contributed by atoms with Crippen LogP contribution in [0.25, 0.3) is 0 Å². The van der Waals surface area contributed by atoms with E-state index in [0.29, 0.717) is 31.7 Å². The molecule has 0 unspecified atom stereocenters. The van der Waals surface area contributed by atoms with Gasteiger partial charge in [0, 0.05) is 32.1 Å². The molecule has 1 aliphatic heterocycles. The number of ether oxygens (including phenoxy) is 1. The van der Waals surface area contributed by atoms with Gasteiger partial charge in [0.05, 0.1) is 12.3 Å². The highest BCUT2D eigenvalue weighted by molar-refractivity contribution is 5.99. The molecule has 4 N–H and O–H groups in total. The second kappa shape index (κ2) is 14.8. The lowest BCUT2D eigenvalue weighted by Gasteiger charge is -2.36. The summed E-state index contributed by atoms with van der Waals surface area (Å²) in [5.41, 5.74) is -1.66. The fourth-order valence-corrected chi connectivity index (χ4v) is 6.47. The predicted octanol–water partition coefficient (Wildman–Crippen LogP) is 2.68. The first-order valence-electron chi connectivity index (χ1n) is 17.1. The topological polar surface area (TPSA) is 149 Å². The molecule has 0 bridgehead atoms. The summed E-state index contributed by atoms with van der Waals surface area (Å²) in [6.45, 7) is 7.14. The van der Waals surface area contributed by atoms with Crippen molar-refractivity contribution < 1.29 is 37.5 Å². The first-order chi connectivity index (χ1) is 22.8. The van der Waals surface area contributed by atoms with Gasteiger partial charge < -0.3 is 35.8 Å². The van der Waals surface area contributed by atoms with Crippen molar-refractivity contribution in [3.63, 3.8) is 0 Å². The van der Waals surface area contributed by atoms with Gasteiger partial charge in [-0.3, -0.25) is 19.2 Å². The number of nitrogens with one attached hydrogen (secondary N) is 4. The smallest absolute Gasteiger partial charge is 0.407 e. The molecule has 5 rings (SSSR count). The second-order valence-corrected chi connectivity index (χ2v) is 13.9. The van der Waals surface area contributed by atoms with Crippen LogP contribution < -0.4 is 21.3 Å². The van der Waals surface area contributed by atoms with E-state index in [9.17, 15) is 28.4 Å². The van der Waals surface area contributed by atoms with Crippen LogP contribution in [-0.2, 0) is 23.9 Å². The van der Waals surface area contributed by atoms with Crippen molar-refractivity contribution in [3.05, 3.63) is 29.6 Å². The molecule has 3 aliphatic carbocycles. The van der Waals surface area contributed by atoms with Crippen LogP contribution in [-0.4, -0.2) is 103 Å². The molecule has 4 fully saturated rings. The summed E-state index contributed by atoms with van der Waals surface area (Å²) in [6, 6.07) is 1.11. The van der Waals surface area contributed by atoms with Crippen molar-refractivity contribution in [2.45, 2.75) is 89.0 Å². The number of piperazine rings is 1. The van der Waals surface area contributed by atoms with Crippen molar-refractivity contribution in [2.24, 2.45) is 17.8 Å². The van der Waals surface area contributed by atoms with Crippen LogP contribution in [0.2, 0.25) is 0 Å². The molecule has 12 nitrogen and oxygen atoms in total. The Morgan fingerprint density at radius 1 is 0.917 bits per heavy atom. The minimum absolute atomic E-state index is 0.111. The molecular formula is C34H48F2N6O6. The monoisotopic (exact) mass is 674 g/mol. The van der Waals surface area contributed by atoms with E-state index in [4.69, 9.17) is 4.74 Å². The van der Waals surface area contributed by atoms with Crippen LogP contribution in [0.1, 0.15) is 70.8 Å². The average Bonchev–Trinajstić information content (AvgIpc) is 3.90. The van der Waals surface area contributed by atoms with E-state index in [-0.39, 0.29) is 48.8 Å². The Bertz CT molecular complexity index is 1380. The molecule has 1 saturated heterocycles. The maximum absolute atomic E-state index is 15.7. The zero-order valence-corrected chi connectivity index (χ0v) is 28.2. The Kier molecular flexibility index (Phi) is 10.9. The lowest BCUT2D eigenvalue weighted by molar-refractivity contribution is -0.138. The van der Waals surface area contributed by atoms with Gasteiger partial charge in [0.25, 0.3) is 5.91 Å². The van der Waals surface area contributed by atoms with Gasteiger partial charge in [-0.05, 0) is 94.9 Å². The zero-order chi connectivity index (χ0) is 34.7. The SMILES string of the molecule is CCOC(=O)N[C@@H](C)C(=O)N[C@@H](C(=O)N1CCN(C)CC1)[C@@H](C)c1ccc(NC(=O)[C@@H](NC(=O)C2(F)CC2)C(C2CC2)C2CC2)c(F)c1. The zero-order valence-electron chi connectivity index (χ0n) is 28.2. The molecule has 264 valence electrons. The maximum atomic E-state index is 15.7. The Balaban J connectivity index is 1.32. The number of hydrogen-bond acceptors (Lipinski definition) is 7. The molecule has 5 amide bonds. The highest BCUT2D eigenvalue weighted by Crippen LogP contribution is 2.51. The first-order valence-corrected chi connectivity index (χ1v) is 17.1. The second-order valence-electron chi connectivity index (χ2n) is 13.9. The maximum Gasteiger partial charge on any atom is 0.407 e. The van der Waals surface area contributed by atoms with Gasteiger partial charge >= 0.3 is 6.09 Å². The molecule has 1 aromatic rings. The largest absolute Gasteiger partial charge is 0.450 e. The minimum Gasteiger partial charge on any atom is -0.450 e. The summed E-state index contributed by atoms with van der Waals surface area (Å²) in [6.07, 6.45) is 3.22. The molecule has 3 saturated carbocycles. The summed E-state index contributed by atoms with van der Waals surface area (Å²) in [7, 11) is 1.95. The number of rotatable bonds is 14. The predicted molar refractivity (Wildman–Crippen MR) is 173 cm³/mol. The molecule has 0 aromatic heterocycles. The molecule has 4 atom stereocenters. The first kappa shape index (κ1) is 35.5. The number of nitrogens with zero attached hydrogens (tertiary/aromatic N) is 2. The number of likely N-dealkylation sites (N-methyl/N-ethyl adjacent to an activating group) is 1. The van der Waals surface area contributed by atoms with E-state index < -0.39 is 59.3 Å². The normalized spacial score (nSPS) is 21.4. The summed E-state index contributed by atoms with van der Waals surface area (Å²) in [4.78, 5) is 68.9. The van der Waals surface area contributed by atoms with Crippen LogP contribution in [0.5, 0.6) is 0 Å². The summed E-state index contributed by atoms with van der Waals surface area (Å²) in [5.74, 6) is -3.39. The number of hydrogen-bond donors (Lipinski definition) is 4. The summed E-state index contributed by atoms with van der Waals surface area (Å²) < 4.78 is 35.2. The minimum atomic E-state index is -1.95.